The Labute approximate surface area is 109 Å². The van der Waals surface area contributed by atoms with Crippen LogP contribution in [0.3, 0.4) is 0 Å². The Kier molecular flexibility index (Phi) is 3.28. The quantitative estimate of drug-likeness (QED) is 0.810. The van der Waals surface area contributed by atoms with Gasteiger partial charge in [0.05, 0.1) is 5.69 Å². The molecule has 0 saturated heterocycles. The highest BCUT2D eigenvalue weighted by molar-refractivity contribution is 6.07. The minimum absolute atomic E-state index is 0.431. The van der Waals surface area contributed by atoms with E-state index >= 15 is 0 Å². The van der Waals surface area contributed by atoms with Crippen molar-refractivity contribution in [3.63, 3.8) is 0 Å². The summed E-state index contributed by atoms with van der Waals surface area (Å²) >= 11 is 0. The molecule has 0 bridgehead atoms. The third-order valence-electron chi connectivity index (χ3n) is 2.92. The Bertz CT molecular complexity index is 524. The third-order valence-corrected chi connectivity index (χ3v) is 2.92. The van der Waals surface area contributed by atoms with Crippen LogP contribution in [-0.2, 0) is 0 Å². The summed E-state index contributed by atoms with van der Waals surface area (Å²) in [5.41, 5.74) is -5.19. The van der Waals surface area contributed by atoms with Crippen LogP contribution in [0, 0.1) is 0 Å². The van der Waals surface area contributed by atoms with Crippen molar-refractivity contribution in [3.05, 3.63) is 30.1 Å². The fraction of sp³-hybridized carbons (Fsp3) is 0.455. The summed E-state index contributed by atoms with van der Waals surface area (Å²) in [7, 11) is 0. The maximum absolute atomic E-state index is 12.9. The van der Waals surface area contributed by atoms with Crippen molar-refractivity contribution in [2.75, 3.05) is 0 Å². The lowest BCUT2D eigenvalue weighted by Gasteiger charge is -2.27. The molecule has 0 radical (unpaired) electrons. The summed E-state index contributed by atoms with van der Waals surface area (Å²) in [6.45, 7) is 0. The van der Waals surface area contributed by atoms with Crippen molar-refractivity contribution >= 4 is 5.71 Å². The lowest BCUT2D eigenvalue weighted by Crippen LogP contribution is -2.51. The summed E-state index contributed by atoms with van der Waals surface area (Å²) in [6.07, 6.45) is -10.7. The van der Waals surface area contributed by atoms with Gasteiger partial charge in [0.25, 0.3) is 0 Å². The highest BCUT2D eigenvalue weighted by Gasteiger charge is 2.65. The predicted molar refractivity (Wildman–Crippen MR) is 56.2 cm³/mol. The molecule has 3 nitrogen and oxygen atoms in total. The van der Waals surface area contributed by atoms with Gasteiger partial charge >= 0.3 is 12.4 Å². The monoisotopic (exact) mass is 298 g/mol. The molecule has 0 amide bonds. The summed E-state index contributed by atoms with van der Waals surface area (Å²) in [5, 5.41) is 9.68. The van der Waals surface area contributed by atoms with Gasteiger partial charge in [0.1, 0.15) is 11.8 Å². The first kappa shape index (κ1) is 14.8. The zero-order chi connectivity index (χ0) is 15.2. The number of hydrogen-bond donors (Lipinski definition) is 1. The second-order valence-corrected chi connectivity index (χ2v) is 4.31. The third kappa shape index (κ3) is 2.37. The number of aliphatic hydroxyl groups is 1. The largest absolute Gasteiger partial charge is 0.423 e. The van der Waals surface area contributed by atoms with Crippen molar-refractivity contribution in [2.45, 2.75) is 30.4 Å². The molecule has 0 unspecified atom stereocenters. The molecule has 20 heavy (non-hydrogen) atoms. The highest BCUT2D eigenvalue weighted by Crippen LogP contribution is 2.45. The molecule has 1 aliphatic heterocycles. The van der Waals surface area contributed by atoms with Crippen molar-refractivity contribution in [1.29, 1.82) is 0 Å². The molecule has 2 heterocycles. The number of nitrogens with zero attached hydrogens (tertiary/aromatic N) is 2. The van der Waals surface area contributed by atoms with Gasteiger partial charge in [-0.1, -0.05) is 6.07 Å². The summed E-state index contributed by atoms with van der Waals surface area (Å²) < 4.78 is 76.5. The van der Waals surface area contributed by atoms with Crippen molar-refractivity contribution < 1.29 is 31.4 Å². The molecule has 110 valence electrons. The van der Waals surface area contributed by atoms with Gasteiger partial charge in [-0.15, -0.1) is 0 Å². The van der Waals surface area contributed by atoms with Crippen molar-refractivity contribution in [2.24, 2.45) is 4.99 Å². The number of aliphatic imine (C=N–C) groups is 1. The van der Waals surface area contributed by atoms with Gasteiger partial charge < -0.3 is 5.11 Å². The van der Waals surface area contributed by atoms with E-state index in [9.17, 15) is 31.4 Å². The van der Waals surface area contributed by atoms with Gasteiger partial charge in [-0.2, -0.15) is 26.3 Å². The molecule has 1 aliphatic rings. The maximum atomic E-state index is 12.9. The molecule has 0 saturated carbocycles. The van der Waals surface area contributed by atoms with E-state index in [1.165, 1.54) is 12.1 Å². The van der Waals surface area contributed by atoms with Crippen LogP contribution in [-0.4, -0.2) is 39.8 Å². The molecule has 0 aliphatic carbocycles. The van der Waals surface area contributed by atoms with Crippen LogP contribution in [0.4, 0.5) is 26.3 Å². The first-order valence-corrected chi connectivity index (χ1v) is 5.41. The Morgan fingerprint density at radius 3 is 2.25 bits per heavy atom. The highest BCUT2D eigenvalue weighted by atomic mass is 19.4. The van der Waals surface area contributed by atoms with E-state index in [2.05, 4.69) is 9.98 Å². The molecule has 1 N–H and O–H groups in total. The van der Waals surface area contributed by atoms with E-state index < -0.39 is 41.8 Å². The van der Waals surface area contributed by atoms with Crippen LogP contribution in [0.5, 0.6) is 0 Å². The van der Waals surface area contributed by atoms with Crippen molar-refractivity contribution in [1.82, 2.24) is 4.98 Å². The molecular weight excluding hydrogens is 290 g/mol. The number of alkyl halides is 6. The second kappa shape index (κ2) is 4.44. The van der Waals surface area contributed by atoms with Gasteiger partial charge in [0, 0.05) is 12.6 Å². The van der Waals surface area contributed by atoms with Gasteiger partial charge in [0.2, 0.25) is 5.60 Å². The summed E-state index contributed by atoms with van der Waals surface area (Å²) in [4.78, 5) is 6.54. The first-order valence-electron chi connectivity index (χ1n) is 5.41. The Morgan fingerprint density at radius 2 is 1.80 bits per heavy atom. The standard InChI is InChI=1S/C11H8F6N2O/c12-10(13,14)7-5-9(20,11(15,16)17)8(19-7)6-3-1-2-4-18-6/h1-4,7,20H,5H2/t7-,9+/m0/s1. The van der Waals surface area contributed by atoms with Crippen LogP contribution in [0.1, 0.15) is 12.1 Å². The molecule has 1 aromatic heterocycles. The van der Waals surface area contributed by atoms with Crippen molar-refractivity contribution in [3.8, 4) is 0 Å². The molecule has 2 atom stereocenters. The smallest absolute Gasteiger partial charge is 0.375 e. The summed E-state index contributed by atoms with van der Waals surface area (Å²) in [6, 6.07) is 1.13. The zero-order valence-electron chi connectivity index (χ0n) is 9.70. The fourth-order valence-corrected chi connectivity index (χ4v) is 1.90. The van der Waals surface area contributed by atoms with Crippen LogP contribution < -0.4 is 0 Å². The van der Waals surface area contributed by atoms with E-state index in [0.29, 0.717) is 0 Å². The minimum atomic E-state index is -5.27. The molecule has 0 aromatic carbocycles. The van der Waals surface area contributed by atoms with Crippen LogP contribution in [0.15, 0.2) is 29.4 Å². The predicted octanol–water partition coefficient (Wildman–Crippen LogP) is 2.50. The number of aromatic nitrogens is 1. The normalized spacial score (nSPS) is 27.6. The minimum Gasteiger partial charge on any atom is -0.375 e. The topological polar surface area (TPSA) is 45.5 Å². The van der Waals surface area contributed by atoms with E-state index in [1.807, 2.05) is 0 Å². The number of halogens is 6. The van der Waals surface area contributed by atoms with Gasteiger partial charge in [-0.25, -0.2) is 0 Å². The fourth-order valence-electron chi connectivity index (χ4n) is 1.90. The number of rotatable bonds is 1. The van der Waals surface area contributed by atoms with E-state index in [0.717, 1.165) is 12.3 Å². The molecule has 1 aromatic rings. The number of hydrogen-bond acceptors (Lipinski definition) is 3. The van der Waals surface area contributed by atoms with E-state index in [4.69, 9.17) is 0 Å². The van der Waals surface area contributed by atoms with E-state index in [1.54, 1.807) is 0 Å². The molecule has 2 rings (SSSR count). The van der Waals surface area contributed by atoms with Crippen LogP contribution >= 0.6 is 0 Å². The average Bonchev–Trinajstić information content (AvgIpc) is 2.69. The first-order chi connectivity index (χ1) is 9.06. The average molecular weight is 298 g/mol. The van der Waals surface area contributed by atoms with Gasteiger partial charge in [0.15, 0.2) is 0 Å². The van der Waals surface area contributed by atoms with Crippen LogP contribution in [0.2, 0.25) is 0 Å². The maximum Gasteiger partial charge on any atom is 0.423 e. The summed E-state index contributed by atoms with van der Waals surface area (Å²) in [5.74, 6) is 0. The SMILES string of the molecule is O[C@]1(C(F)(F)F)C[C@@H](C(F)(F)F)N=C1c1ccccn1. The van der Waals surface area contributed by atoms with E-state index in [-0.39, 0.29) is 0 Å². The molecular formula is C11H8F6N2O. The Hall–Kier alpha value is -1.64. The second-order valence-electron chi connectivity index (χ2n) is 4.31. The zero-order valence-corrected chi connectivity index (χ0v) is 9.70. The molecule has 0 spiro atoms. The van der Waals surface area contributed by atoms with Crippen LogP contribution in [0.25, 0.3) is 0 Å². The molecule has 9 heteroatoms. The van der Waals surface area contributed by atoms with Gasteiger partial charge in [-0.05, 0) is 12.1 Å². The number of pyridine rings is 1. The van der Waals surface area contributed by atoms with Gasteiger partial charge in [-0.3, -0.25) is 9.98 Å². The lowest BCUT2D eigenvalue weighted by atomic mass is 9.91. The molecule has 0 fully saturated rings. The Balaban J connectivity index is 2.53. The lowest BCUT2D eigenvalue weighted by molar-refractivity contribution is -0.238. The Morgan fingerprint density at radius 1 is 1.15 bits per heavy atom.